The lowest BCUT2D eigenvalue weighted by Gasteiger charge is -2.34. The molecule has 3 amide bonds. The van der Waals surface area contributed by atoms with Gasteiger partial charge in [-0.15, -0.1) is 0 Å². The van der Waals surface area contributed by atoms with Crippen LogP contribution in [0.5, 0.6) is 0 Å². The molecular formula is C17H25N5O2. The van der Waals surface area contributed by atoms with Gasteiger partial charge in [0, 0.05) is 39.1 Å². The SMILES string of the molecule is CC1=CCN(C(=O)NC2CCCN(Cc3nccn3C)C2=O)CC1. The lowest BCUT2D eigenvalue weighted by Crippen LogP contribution is -2.55. The number of aromatic nitrogens is 2. The summed E-state index contributed by atoms with van der Waals surface area (Å²) in [6, 6.07) is -0.575. The summed E-state index contributed by atoms with van der Waals surface area (Å²) >= 11 is 0. The van der Waals surface area contributed by atoms with Gasteiger partial charge in [-0.05, 0) is 26.2 Å². The van der Waals surface area contributed by atoms with Crippen LogP contribution in [-0.4, -0.2) is 57.0 Å². The van der Waals surface area contributed by atoms with Crippen molar-refractivity contribution in [2.45, 2.75) is 38.8 Å². The third kappa shape index (κ3) is 3.60. The van der Waals surface area contributed by atoms with Crippen LogP contribution in [0, 0.1) is 0 Å². The predicted octanol–water partition coefficient (Wildman–Crippen LogP) is 1.27. The summed E-state index contributed by atoms with van der Waals surface area (Å²) in [5.41, 5.74) is 1.31. The molecule has 2 aliphatic heterocycles. The Morgan fingerprint density at radius 2 is 2.25 bits per heavy atom. The minimum Gasteiger partial charge on any atom is -0.337 e. The van der Waals surface area contributed by atoms with E-state index in [0.29, 0.717) is 32.6 Å². The molecule has 3 rings (SSSR count). The summed E-state index contributed by atoms with van der Waals surface area (Å²) in [6.07, 6.45) is 8.16. The number of imidazole rings is 1. The highest BCUT2D eigenvalue weighted by molar-refractivity contribution is 5.87. The molecule has 2 aliphatic rings. The van der Waals surface area contributed by atoms with Crippen molar-refractivity contribution in [2.24, 2.45) is 7.05 Å². The van der Waals surface area contributed by atoms with Crippen molar-refractivity contribution in [1.82, 2.24) is 24.7 Å². The summed E-state index contributed by atoms with van der Waals surface area (Å²) in [5.74, 6) is 0.841. The molecule has 0 spiro atoms. The van der Waals surface area contributed by atoms with Crippen LogP contribution in [0.4, 0.5) is 4.79 Å². The van der Waals surface area contributed by atoms with Gasteiger partial charge in [-0.25, -0.2) is 9.78 Å². The van der Waals surface area contributed by atoms with Crippen molar-refractivity contribution in [2.75, 3.05) is 19.6 Å². The highest BCUT2D eigenvalue weighted by atomic mass is 16.2. The van der Waals surface area contributed by atoms with Gasteiger partial charge in [0.25, 0.3) is 0 Å². The Labute approximate surface area is 142 Å². The number of amides is 3. The molecule has 1 fully saturated rings. The van der Waals surface area contributed by atoms with Crippen molar-refractivity contribution >= 4 is 11.9 Å². The van der Waals surface area contributed by atoms with Crippen molar-refractivity contribution in [1.29, 1.82) is 0 Å². The number of hydrogen-bond acceptors (Lipinski definition) is 3. The van der Waals surface area contributed by atoms with E-state index in [1.165, 1.54) is 5.57 Å². The van der Waals surface area contributed by atoms with E-state index in [0.717, 1.165) is 18.7 Å². The van der Waals surface area contributed by atoms with Crippen molar-refractivity contribution in [3.05, 3.63) is 29.9 Å². The second kappa shape index (κ2) is 7.07. The molecule has 0 aliphatic carbocycles. The van der Waals surface area contributed by atoms with Crippen LogP contribution < -0.4 is 5.32 Å². The normalized spacial score (nSPS) is 21.7. The van der Waals surface area contributed by atoms with E-state index in [1.54, 1.807) is 16.0 Å². The number of nitrogens with zero attached hydrogens (tertiary/aromatic N) is 4. The topological polar surface area (TPSA) is 70.5 Å². The number of carbonyl (C=O) groups excluding carboxylic acids is 2. The number of likely N-dealkylation sites (tertiary alicyclic amines) is 1. The minimum atomic E-state index is -0.432. The highest BCUT2D eigenvalue weighted by Gasteiger charge is 2.31. The first-order chi connectivity index (χ1) is 11.5. The lowest BCUT2D eigenvalue weighted by atomic mass is 10.0. The van der Waals surface area contributed by atoms with E-state index in [9.17, 15) is 9.59 Å². The molecule has 130 valence electrons. The monoisotopic (exact) mass is 331 g/mol. The van der Waals surface area contributed by atoms with Gasteiger partial charge in [0.2, 0.25) is 5.91 Å². The molecule has 7 heteroatoms. The van der Waals surface area contributed by atoms with Gasteiger partial charge in [-0.3, -0.25) is 4.79 Å². The number of urea groups is 1. The molecule has 1 unspecified atom stereocenters. The molecule has 1 aromatic rings. The molecule has 0 bridgehead atoms. The van der Waals surface area contributed by atoms with Crippen molar-refractivity contribution < 1.29 is 9.59 Å². The first-order valence-electron chi connectivity index (χ1n) is 8.50. The first-order valence-corrected chi connectivity index (χ1v) is 8.50. The molecular weight excluding hydrogens is 306 g/mol. The summed E-state index contributed by atoms with van der Waals surface area (Å²) in [4.78, 5) is 32.9. The second-order valence-corrected chi connectivity index (χ2v) is 6.60. The number of carbonyl (C=O) groups is 2. The maximum atomic E-state index is 12.7. The van der Waals surface area contributed by atoms with Gasteiger partial charge < -0.3 is 19.7 Å². The van der Waals surface area contributed by atoms with Gasteiger partial charge in [-0.1, -0.05) is 11.6 Å². The zero-order chi connectivity index (χ0) is 17.1. The zero-order valence-corrected chi connectivity index (χ0v) is 14.4. The molecule has 0 radical (unpaired) electrons. The van der Waals surface area contributed by atoms with Crippen LogP contribution in [0.25, 0.3) is 0 Å². The number of nitrogens with one attached hydrogen (secondary N) is 1. The van der Waals surface area contributed by atoms with Crippen LogP contribution in [0.3, 0.4) is 0 Å². The van der Waals surface area contributed by atoms with Gasteiger partial charge >= 0.3 is 6.03 Å². The molecule has 0 saturated carbocycles. The first kappa shape index (κ1) is 16.5. The third-order valence-corrected chi connectivity index (χ3v) is 4.80. The molecule has 0 aromatic carbocycles. The Hall–Kier alpha value is -2.31. The minimum absolute atomic E-state index is 0.0127. The highest BCUT2D eigenvalue weighted by Crippen LogP contribution is 2.16. The Morgan fingerprint density at radius 1 is 1.42 bits per heavy atom. The van der Waals surface area contributed by atoms with Crippen LogP contribution in [0.15, 0.2) is 24.0 Å². The molecule has 1 aromatic heterocycles. The fourth-order valence-corrected chi connectivity index (χ4v) is 3.15. The summed E-state index contributed by atoms with van der Waals surface area (Å²) in [6.45, 7) is 4.61. The van der Waals surface area contributed by atoms with Crippen molar-refractivity contribution in [3.63, 3.8) is 0 Å². The van der Waals surface area contributed by atoms with E-state index in [4.69, 9.17) is 0 Å². The molecule has 1 saturated heterocycles. The fourth-order valence-electron chi connectivity index (χ4n) is 3.15. The molecule has 1 N–H and O–H groups in total. The molecule has 24 heavy (non-hydrogen) atoms. The summed E-state index contributed by atoms with van der Waals surface area (Å²) in [7, 11) is 1.92. The summed E-state index contributed by atoms with van der Waals surface area (Å²) in [5, 5.41) is 2.92. The number of rotatable bonds is 3. The maximum Gasteiger partial charge on any atom is 0.318 e. The van der Waals surface area contributed by atoms with E-state index >= 15 is 0 Å². The van der Waals surface area contributed by atoms with E-state index in [1.807, 2.05) is 17.8 Å². The maximum absolute atomic E-state index is 12.7. The standard InChI is InChI=1S/C17H25N5O2/c1-13-5-9-21(10-6-13)17(24)19-14-4-3-8-22(16(14)23)12-15-18-7-11-20(15)2/h5,7,11,14H,3-4,6,8-10,12H2,1-2H3,(H,19,24). The van der Waals surface area contributed by atoms with Gasteiger partial charge in [0.1, 0.15) is 11.9 Å². The van der Waals surface area contributed by atoms with Crippen LogP contribution in [0.2, 0.25) is 0 Å². The van der Waals surface area contributed by atoms with Crippen LogP contribution in [0.1, 0.15) is 32.0 Å². The van der Waals surface area contributed by atoms with Gasteiger partial charge in [0.15, 0.2) is 0 Å². The lowest BCUT2D eigenvalue weighted by molar-refractivity contribution is -0.136. The van der Waals surface area contributed by atoms with Gasteiger partial charge in [0.05, 0.1) is 6.54 Å². The Kier molecular flexibility index (Phi) is 4.87. The second-order valence-electron chi connectivity index (χ2n) is 6.60. The largest absolute Gasteiger partial charge is 0.337 e. The number of hydrogen-bond donors (Lipinski definition) is 1. The van der Waals surface area contributed by atoms with E-state index in [-0.39, 0.29) is 11.9 Å². The Bertz CT molecular complexity index is 651. The zero-order valence-electron chi connectivity index (χ0n) is 14.4. The van der Waals surface area contributed by atoms with Gasteiger partial charge in [-0.2, -0.15) is 0 Å². The fraction of sp³-hybridized carbons (Fsp3) is 0.588. The quantitative estimate of drug-likeness (QED) is 0.848. The number of aryl methyl sites for hydroxylation is 1. The Balaban J connectivity index is 1.58. The Morgan fingerprint density at radius 3 is 2.92 bits per heavy atom. The predicted molar refractivity (Wildman–Crippen MR) is 90.1 cm³/mol. The molecule has 1 atom stereocenters. The van der Waals surface area contributed by atoms with Crippen LogP contribution >= 0.6 is 0 Å². The van der Waals surface area contributed by atoms with Crippen molar-refractivity contribution in [3.8, 4) is 0 Å². The van der Waals surface area contributed by atoms with E-state index < -0.39 is 6.04 Å². The third-order valence-electron chi connectivity index (χ3n) is 4.80. The average Bonchev–Trinajstić information content (AvgIpc) is 2.97. The summed E-state index contributed by atoms with van der Waals surface area (Å²) < 4.78 is 1.91. The number of piperidine rings is 1. The van der Waals surface area contributed by atoms with E-state index in [2.05, 4.69) is 23.3 Å². The molecule has 7 nitrogen and oxygen atoms in total. The smallest absolute Gasteiger partial charge is 0.318 e. The average molecular weight is 331 g/mol. The molecule has 3 heterocycles. The van der Waals surface area contributed by atoms with Crippen LogP contribution in [-0.2, 0) is 18.4 Å².